The molecule has 0 aromatic heterocycles. The summed E-state index contributed by atoms with van der Waals surface area (Å²) in [4.78, 5) is 9.54. The molecule has 0 amide bonds. The van der Waals surface area contributed by atoms with E-state index in [9.17, 15) is 9.46 Å². The first-order valence-electron chi connectivity index (χ1n) is 5.65. The number of hydrogen-bond acceptors (Lipinski definition) is 3. The first kappa shape index (κ1) is 15.1. The third kappa shape index (κ3) is 10.4. The lowest BCUT2D eigenvalue weighted by Crippen LogP contribution is -1.96. The average molecular weight is 238 g/mol. The van der Waals surface area contributed by atoms with E-state index in [1.807, 2.05) is 0 Å². The molecule has 0 aliphatic carbocycles. The van der Waals surface area contributed by atoms with Gasteiger partial charge in [-0.25, -0.2) is 0 Å². The summed E-state index contributed by atoms with van der Waals surface area (Å²) in [6, 6.07) is 0. The predicted octanol–water partition coefficient (Wildman–Crippen LogP) is 1.58. The minimum atomic E-state index is -2.94. The molecule has 0 rings (SSSR count). The van der Waals surface area contributed by atoms with E-state index in [0.29, 0.717) is 38.0 Å². The van der Waals surface area contributed by atoms with Crippen molar-refractivity contribution in [2.24, 2.45) is 0 Å². The van der Waals surface area contributed by atoms with Crippen molar-refractivity contribution < 1.29 is 19.7 Å². The Hall–Kier alpha value is 0.110. The second-order valence-corrected chi connectivity index (χ2v) is 6.45. The second kappa shape index (κ2) is 9.34. The molecular weight excluding hydrogens is 215 g/mol. The molecule has 0 spiro atoms. The van der Waals surface area contributed by atoms with E-state index in [2.05, 4.69) is 0 Å². The summed E-state index contributed by atoms with van der Waals surface area (Å²) < 4.78 is 11.6. The van der Waals surface area contributed by atoms with E-state index in [4.69, 9.17) is 10.2 Å². The molecular formula is C10H23O4P. The monoisotopic (exact) mass is 238 g/mol. The van der Waals surface area contributed by atoms with Gasteiger partial charge in [0.15, 0.2) is 0 Å². The van der Waals surface area contributed by atoms with Crippen molar-refractivity contribution in [3.63, 3.8) is 0 Å². The largest absolute Gasteiger partial charge is 0.396 e. The lowest BCUT2D eigenvalue weighted by atomic mass is 10.3. The molecule has 0 atom stereocenters. The van der Waals surface area contributed by atoms with Gasteiger partial charge in [0.25, 0.3) is 0 Å². The van der Waals surface area contributed by atoms with Crippen LogP contribution in [0.4, 0.5) is 0 Å². The number of aliphatic hydroxyl groups excluding tert-OH is 2. The summed E-state index contributed by atoms with van der Waals surface area (Å²) in [7, 11) is -2.94. The van der Waals surface area contributed by atoms with Crippen molar-refractivity contribution in [3.8, 4) is 0 Å². The lowest BCUT2D eigenvalue weighted by Gasteiger charge is -2.10. The van der Waals surface area contributed by atoms with Gasteiger partial charge >= 0.3 is 0 Å². The van der Waals surface area contributed by atoms with E-state index in [-0.39, 0.29) is 13.2 Å². The molecule has 4 nitrogen and oxygen atoms in total. The van der Waals surface area contributed by atoms with Gasteiger partial charge in [-0.3, -0.25) is 4.57 Å². The molecule has 0 aliphatic heterocycles. The normalized spacial score (nSPS) is 11.9. The maximum Gasteiger partial charge on any atom is 0.200 e. The van der Waals surface area contributed by atoms with Crippen molar-refractivity contribution in [2.75, 3.05) is 25.5 Å². The van der Waals surface area contributed by atoms with Gasteiger partial charge in [0, 0.05) is 25.5 Å². The minimum absolute atomic E-state index is 0.159. The topological polar surface area (TPSA) is 77.8 Å². The molecule has 3 N–H and O–H groups in total. The molecule has 0 fully saturated rings. The van der Waals surface area contributed by atoms with Gasteiger partial charge in [-0.1, -0.05) is 12.8 Å². The summed E-state index contributed by atoms with van der Waals surface area (Å²) in [6.07, 6.45) is 5.23. The smallest absolute Gasteiger partial charge is 0.200 e. The highest BCUT2D eigenvalue weighted by Gasteiger charge is 2.16. The van der Waals surface area contributed by atoms with Gasteiger partial charge in [-0.2, -0.15) is 0 Å². The first-order chi connectivity index (χ1) is 7.12. The van der Waals surface area contributed by atoms with Crippen LogP contribution in [0.1, 0.15) is 38.5 Å². The van der Waals surface area contributed by atoms with E-state index in [1.165, 1.54) is 0 Å². The van der Waals surface area contributed by atoms with Gasteiger partial charge in [0.2, 0.25) is 7.37 Å². The number of aliphatic hydroxyl groups is 2. The number of rotatable bonds is 10. The highest BCUT2D eigenvalue weighted by molar-refractivity contribution is 7.57. The Morgan fingerprint density at radius 2 is 1.13 bits per heavy atom. The van der Waals surface area contributed by atoms with Crippen molar-refractivity contribution in [1.82, 2.24) is 0 Å². The summed E-state index contributed by atoms with van der Waals surface area (Å²) in [5.41, 5.74) is 0. The molecule has 0 heterocycles. The maximum absolute atomic E-state index is 11.6. The Kier molecular flexibility index (Phi) is 9.41. The minimum Gasteiger partial charge on any atom is -0.396 e. The van der Waals surface area contributed by atoms with E-state index in [1.54, 1.807) is 0 Å². The van der Waals surface area contributed by atoms with E-state index in [0.717, 1.165) is 12.8 Å². The SMILES string of the molecule is O=P(O)(CCCCCO)CCCCCO. The zero-order chi connectivity index (χ0) is 11.6. The van der Waals surface area contributed by atoms with Gasteiger partial charge in [0.05, 0.1) is 0 Å². The molecule has 0 aliphatic rings. The summed E-state index contributed by atoms with van der Waals surface area (Å²) in [6.45, 7) is 0.318. The zero-order valence-electron chi connectivity index (χ0n) is 9.27. The zero-order valence-corrected chi connectivity index (χ0v) is 10.2. The molecule has 0 saturated heterocycles. The maximum atomic E-state index is 11.6. The van der Waals surface area contributed by atoms with Crippen LogP contribution >= 0.6 is 7.37 Å². The lowest BCUT2D eigenvalue weighted by molar-refractivity contribution is 0.283. The van der Waals surface area contributed by atoms with Crippen molar-refractivity contribution >= 4 is 7.37 Å². The first-order valence-corrected chi connectivity index (χ1v) is 7.68. The molecule has 0 aromatic rings. The Bertz CT molecular complexity index is 168. The summed E-state index contributed by atoms with van der Waals surface area (Å²) in [5, 5.41) is 17.1. The molecule has 0 aromatic carbocycles. The molecule has 5 heteroatoms. The number of hydrogen-bond donors (Lipinski definition) is 3. The fourth-order valence-corrected chi connectivity index (χ4v) is 3.07. The molecule has 0 unspecified atom stereocenters. The van der Waals surface area contributed by atoms with Gasteiger partial charge < -0.3 is 15.1 Å². The van der Waals surface area contributed by atoms with Crippen LogP contribution in [0, 0.1) is 0 Å². The molecule has 0 radical (unpaired) electrons. The molecule has 0 bridgehead atoms. The van der Waals surface area contributed by atoms with Crippen molar-refractivity contribution in [1.29, 1.82) is 0 Å². The Morgan fingerprint density at radius 3 is 1.47 bits per heavy atom. The van der Waals surface area contributed by atoms with Crippen LogP contribution in [-0.2, 0) is 4.57 Å². The standard InChI is InChI=1S/C10H23O4P/c11-7-3-1-5-9-15(13,14)10-6-2-4-8-12/h11-12H,1-10H2,(H,13,14). The Labute approximate surface area is 91.8 Å². The highest BCUT2D eigenvalue weighted by Crippen LogP contribution is 2.42. The highest BCUT2D eigenvalue weighted by atomic mass is 31.2. The van der Waals surface area contributed by atoms with Crippen molar-refractivity contribution in [3.05, 3.63) is 0 Å². The van der Waals surface area contributed by atoms with Crippen molar-refractivity contribution in [2.45, 2.75) is 38.5 Å². The van der Waals surface area contributed by atoms with Crippen LogP contribution < -0.4 is 0 Å². The van der Waals surface area contributed by atoms with Crippen LogP contribution in [0.25, 0.3) is 0 Å². The van der Waals surface area contributed by atoms with Crippen LogP contribution in [0.15, 0.2) is 0 Å². The predicted molar refractivity (Wildman–Crippen MR) is 61.4 cm³/mol. The third-order valence-corrected chi connectivity index (χ3v) is 4.36. The third-order valence-electron chi connectivity index (χ3n) is 2.33. The molecule has 92 valence electrons. The fraction of sp³-hybridized carbons (Fsp3) is 1.00. The fourth-order valence-electron chi connectivity index (χ4n) is 1.41. The van der Waals surface area contributed by atoms with Crippen LogP contribution in [-0.4, -0.2) is 40.6 Å². The second-order valence-electron chi connectivity index (χ2n) is 3.86. The Morgan fingerprint density at radius 1 is 0.733 bits per heavy atom. The Balaban J connectivity index is 3.45. The molecule has 15 heavy (non-hydrogen) atoms. The quantitative estimate of drug-likeness (QED) is 0.399. The van der Waals surface area contributed by atoms with E-state index < -0.39 is 7.37 Å². The summed E-state index contributed by atoms with van der Waals surface area (Å²) >= 11 is 0. The average Bonchev–Trinajstić information content (AvgIpc) is 2.20. The summed E-state index contributed by atoms with van der Waals surface area (Å²) in [5.74, 6) is 0. The molecule has 0 saturated carbocycles. The number of unbranched alkanes of at least 4 members (excludes halogenated alkanes) is 4. The van der Waals surface area contributed by atoms with Gasteiger partial charge in [-0.05, 0) is 25.7 Å². The van der Waals surface area contributed by atoms with Gasteiger partial charge in [-0.15, -0.1) is 0 Å². The van der Waals surface area contributed by atoms with E-state index >= 15 is 0 Å². The van der Waals surface area contributed by atoms with Gasteiger partial charge in [0.1, 0.15) is 0 Å². The van der Waals surface area contributed by atoms with Crippen LogP contribution in [0.2, 0.25) is 0 Å². The van der Waals surface area contributed by atoms with Crippen LogP contribution in [0.5, 0.6) is 0 Å². The van der Waals surface area contributed by atoms with Crippen LogP contribution in [0.3, 0.4) is 0 Å².